The molecule has 1 unspecified atom stereocenters. The molecule has 2 fully saturated rings. The minimum atomic E-state index is -0.459. The van der Waals surface area contributed by atoms with E-state index in [1.165, 1.54) is 18.4 Å². The Morgan fingerprint density at radius 1 is 1.11 bits per heavy atom. The summed E-state index contributed by atoms with van der Waals surface area (Å²) < 4.78 is 5.46. The first-order chi connectivity index (χ1) is 13.4. The van der Waals surface area contributed by atoms with Crippen molar-refractivity contribution in [3.8, 4) is 0 Å². The highest BCUT2D eigenvalue weighted by molar-refractivity contribution is 5.94. The van der Waals surface area contributed by atoms with Crippen LogP contribution in [0.2, 0.25) is 0 Å². The Balaban J connectivity index is 1.45. The highest BCUT2D eigenvalue weighted by Gasteiger charge is 2.39. The molecule has 0 bridgehead atoms. The van der Waals surface area contributed by atoms with Crippen LogP contribution >= 0.6 is 0 Å². The Morgan fingerprint density at radius 3 is 2.61 bits per heavy atom. The van der Waals surface area contributed by atoms with Gasteiger partial charge in [-0.1, -0.05) is 6.07 Å². The summed E-state index contributed by atoms with van der Waals surface area (Å²) in [5.41, 5.74) is 2.71. The molecule has 0 aromatic heterocycles. The predicted octanol–water partition coefficient (Wildman–Crippen LogP) is 2.56. The van der Waals surface area contributed by atoms with Crippen LogP contribution in [-0.4, -0.2) is 59.5 Å². The molecule has 3 heterocycles. The van der Waals surface area contributed by atoms with Crippen molar-refractivity contribution < 1.29 is 14.3 Å². The molecule has 3 aliphatic heterocycles. The van der Waals surface area contributed by atoms with Gasteiger partial charge in [-0.3, -0.25) is 14.5 Å². The van der Waals surface area contributed by atoms with E-state index in [2.05, 4.69) is 30.1 Å². The predicted molar refractivity (Wildman–Crippen MR) is 108 cm³/mol. The highest BCUT2D eigenvalue weighted by atomic mass is 16.5. The van der Waals surface area contributed by atoms with E-state index >= 15 is 0 Å². The number of amides is 2. The van der Waals surface area contributed by atoms with E-state index < -0.39 is 5.54 Å². The van der Waals surface area contributed by atoms with Gasteiger partial charge in [0.25, 0.3) is 5.91 Å². The van der Waals surface area contributed by atoms with Gasteiger partial charge in [0.2, 0.25) is 5.91 Å². The van der Waals surface area contributed by atoms with Gasteiger partial charge in [0.15, 0.2) is 0 Å². The van der Waals surface area contributed by atoms with E-state index in [1.807, 2.05) is 17.0 Å². The van der Waals surface area contributed by atoms with Crippen molar-refractivity contribution in [1.29, 1.82) is 0 Å². The number of ether oxygens (including phenoxy) is 1. The molecular formula is C22H31N3O3. The third-order valence-electron chi connectivity index (χ3n) is 6.42. The summed E-state index contributed by atoms with van der Waals surface area (Å²) in [6.45, 7) is 8.12. The Hall–Kier alpha value is -1.92. The Labute approximate surface area is 167 Å². The average molecular weight is 386 g/mol. The second-order valence-corrected chi connectivity index (χ2v) is 8.70. The van der Waals surface area contributed by atoms with E-state index in [4.69, 9.17) is 4.74 Å². The van der Waals surface area contributed by atoms with Crippen molar-refractivity contribution in [3.05, 3.63) is 29.3 Å². The number of likely N-dealkylation sites (tertiary alicyclic amines) is 1. The molecule has 0 radical (unpaired) electrons. The fourth-order valence-corrected chi connectivity index (χ4v) is 4.61. The smallest absolute Gasteiger partial charge is 0.253 e. The molecule has 0 spiro atoms. The zero-order valence-corrected chi connectivity index (χ0v) is 17.0. The van der Waals surface area contributed by atoms with E-state index in [0.717, 1.165) is 50.1 Å². The van der Waals surface area contributed by atoms with Crippen molar-refractivity contribution in [3.63, 3.8) is 0 Å². The van der Waals surface area contributed by atoms with E-state index in [1.54, 1.807) is 0 Å². The number of hydrogen-bond donors (Lipinski definition) is 1. The first-order valence-electron chi connectivity index (χ1n) is 10.5. The zero-order chi connectivity index (χ0) is 19.7. The van der Waals surface area contributed by atoms with E-state index in [-0.39, 0.29) is 17.9 Å². The fourth-order valence-electron chi connectivity index (χ4n) is 4.61. The minimum Gasteiger partial charge on any atom is -0.368 e. The second-order valence-electron chi connectivity index (χ2n) is 8.70. The monoisotopic (exact) mass is 385 g/mol. The lowest BCUT2D eigenvalue weighted by Gasteiger charge is -2.40. The summed E-state index contributed by atoms with van der Waals surface area (Å²) in [7, 11) is 0. The molecule has 0 aliphatic carbocycles. The largest absolute Gasteiger partial charge is 0.368 e. The SMILES string of the molecule is CC(C)(C(=O)N1CCc2ccc(NC(=O)C3CCCO3)cc2C1)N1CCCC1. The van der Waals surface area contributed by atoms with Gasteiger partial charge in [-0.15, -0.1) is 0 Å². The first kappa shape index (κ1) is 19.4. The summed E-state index contributed by atoms with van der Waals surface area (Å²) in [5.74, 6) is 0.130. The number of nitrogens with zero attached hydrogens (tertiary/aromatic N) is 2. The van der Waals surface area contributed by atoms with Crippen LogP contribution in [0, 0.1) is 0 Å². The topological polar surface area (TPSA) is 61.9 Å². The van der Waals surface area contributed by atoms with Crippen LogP contribution in [0.25, 0.3) is 0 Å². The van der Waals surface area contributed by atoms with Gasteiger partial charge < -0.3 is 15.0 Å². The molecule has 1 N–H and O–H groups in total. The molecule has 28 heavy (non-hydrogen) atoms. The quantitative estimate of drug-likeness (QED) is 0.865. The van der Waals surface area contributed by atoms with Gasteiger partial charge in [-0.25, -0.2) is 0 Å². The highest BCUT2D eigenvalue weighted by Crippen LogP contribution is 2.28. The summed E-state index contributed by atoms with van der Waals surface area (Å²) in [5, 5.41) is 2.98. The molecule has 6 nitrogen and oxygen atoms in total. The molecule has 152 valence electrons. The second kappa shape index (κ2) is 7.84. The van der Waals surface area contributed by atoms with Crippen LogP contribution in [-0.2, 0) is 27.3 Å². The van der Waals surface area contributed by atoms with Gasteiger partial charge >= 0.3 is 0 Å². The lowest BCUT2D eigenvalue weighted by molar-refractivity contribution is -0.143. The zero-order valence-electron chi connectivity index (χ0n) is 17.0. The first-order valence-corrected chi connectivity index (χ1v) is 10.5. The number of nitrogens with one attached hydrogen (secondary N) is 1. The molecule has 6 heteroatoms. The summed E-state index contributed by atoms with van der Waals surface area (Å²) >= 11 is 0. The van der Waals surface area contributed by atoms with Crippen LogP contribution in [0.1, 0.15) is 50.7 Å². The maximum Gasteiger partial charge on any atom is 0.253 e. The minimum absolute atomic E-state index is 0.0728. The maximum absolute atomic E-state index is 13.3. The molecule has 0 saturated carbocycles. The lowest BCUT2D eigenvalue weighted by atomic mass is 9.95. The number of rotatable bonds is 4. The molecule has 4 rings (SSSR count). The Morgan fingerprint density at radius 2 is 1.89 bits per heavy atom. The van der Waals surface area contributed by atoms with Crippen molar-refractivity contribution >= 4 is 17.5 Å². The summed E-state index contributed by atoms with van der Waals surface area (Å²) in [6.07, 6.45) is 4.59. The van der Waals surface area contributed by atoms with Crippen LogP contribution in [0.5, 0.6) is 0 Å². The van der Waals surface area contributed by atoms with Crippen molar-refractivity contribution in [2.24, 2.45) is 0 Å². The van der Waals surface area contributed by atoms with Gasteiger partial charge in [0.05, 0.1) is 5.54 Å². The van der Waals surface area contributed by atoms with E-state index in [9.17, 15) is 9.59 Å². The molecule has 2 saturated heterocycles. The maximum atomic E-state index is 13.3. The number of anilines is 1. The van der Waals surface area contributed by atoms with Crippen LogP contribution in [0.3, 0.4) is 0 Å². The Kier molecular flexibility index (Phi) is 5.43. The molecule has 1 aromatic rings. The molecule has 3 aliphatic rings. The third kappa shape index (κ3) is 3.80. The number of carbonyl (C=O) groups excluding carboxylic acids is 2. The molecule has 1 aromatic carbocycles. The number of fused-ring (bicyclic) bond motifs is 1. The normalized spacial score (nSPS) is 22.9. The summed E-state index contributed by atoms with van der Waals surface area (Å²) in [6, 6.07) is 6.05. The van der Waals surface area contributed by atoms with Crippen molar-refractivity contribution in [2.75, 3.05) is 31.6 Å². The molecule has 2 amide bonds. The van der Waals surface area contributed by atoms with Gasteiger partial charge in [0.1, 0.15) is 6.10 Å². The number of benzene rings is 1. The lowest BCUT2D eigenvalue weighted by Crippen LogP contribution is -2.55. The fraction of sp³-hybridized carbons (Fsp3) is 0.636. The van der Waals surface area contributed by atoms with Crippen LogP contribution in [0.4, 0.5) is 5.69 Å². The standard InChI is InChI=1S/C22H31N3O3/c1-22(2,25-10-3-4-11-25)21(27)24-12-9-16-7-8-18(14-17(16)15-24)23-20(26)19-6-5-13-28-19/h7-8,14,19H,3-6,9-13,15H2,1-2H3,(H,23,26). The van der Waals surface area contributed by atoms with Crippen LogP contribution in [0.15, 0.2) is 18.2 Å². The average Bonchev–Trinajstić information content (AvgIpc) is 3.40. The Bertz CT molecular complexity index is 749. The molecule has 1 atom stereocenters. The van der Waals surface area contributed by atoms with Gasteiger partial charge in [0, 0.05) is 25.4 Å². The van der Waals surface area contributed by atoms with Crippen LogP contribution < -0.4 is 5.32 Å². The summed E-state index contributed by atoms with van der Waals surface area (Å²) in [4.78, 5) is 29.9. The molecular weight excluding hydrogens is 354 g/mol. The van der Waals surface area contributed by atoms with E-state index in [0.29, 0.717) is 13.2 Å². The van der Waals surface area contributed by atoms with Gasteiger partial charge in [-0.2, -0.15) is 0 Å². The van der Waals surface area contributed by atoms with Crippen molar-refractivity contribution in [1.82, 2.24) is 9.80 Å². The van der Waals surface area contributed by atoms with Gasteiger partial charge in [-0.05, 0) is 82.3 Å². The third-order valence-corrected chi connectivity index (χ3v) is 6.42. The van der Waals surface area contributed by atoms with Crippen molar-refractivity contribution in [2.45, 2.75) is 64.1 Å². The number of hydrogen-bond acceptors (Lipinski definition) is 4. The number of carbonyl (C=O) groups is 2.